The quantitative estimate of drug-likeness (QED) is 0.186. The van der Waals surface area contributed by atoms with E-state index in [1.54, 1.807) is 0 Å². The molecule has 0 aliphatic heterocycles. The zero-order valence-corrected chi connectivity index (χ0v) is 26.2. The van der Waals surface area contributed by atoms with Crippen LogP contribution in [0.1, 0.15) is 25.0 Å². The van der Waals surface area contributed by atoms with Crippen molar-refractivity contribution in [3.05, 3.63) is 187 Å². The molecule has 0 unspecified atom stereocenters. The Morgan fingerprint density at radius 3 is 1.20 bits per heavy atom. The first-order chi connectivity index (χ1) is 22.6. The highest BCUT2D eigenvalue weighted by atomic mass is 15.1. The van der Waals surface area contributed by atoms with Crippen LogP contribution in [-0.2, 0) is 5.41 Å². The highest BCUT2D eigenvalue weighted by molar-refractivity contribution is 5.85. The minimum absolute atomic E-state index is 0.0174. The summed E-state index contributed by atoms with van der Waals surface area (Å²) in [5.74, 6) is 0. The van der Waals surface area contributed by atoms with Gasteiger partial charge in [0, 0.05) is 22.5 Å². The predicted molar refractivity (Wildman–Crippen MR) is 195 cm³/mol. The van der Waals surface area contributed by atoms with E-state index in [4.69, 9.17) is 0 Å². The van der Waals surface area contributed by atoms with Gasteiger partial charge in [0.15, 0.2) is 0 Å². The van der Waals surface area contributed by atoms with E-state index >= 15 is 0 Å². The van der Waals surface area contributed by atoms with E-state index in [2.05, 4.69) is 195 Å². The van der Waals surface area contributed by atoms with Crippen molar-refractivity contribution in [2.75, 3.05) is 4.90 Å². The average molecular weight is 590 g/mol. The van der Waals surface area contributed by atoms with Crippen molar-refractivity contribution in [1.29, 1.82) is 0 Å². The molecule has 1 aliphatic carbocycles. The Labute approximate surface area is 272 Å². The van der Waals surface area contributed by atoms with Gasteiger partial charge in [-0.05, 0) is 98.1 Å². The van der Waals surface area contributed by atoms with Crippen LogP contribution >= 0.6 is 0 Å². The normalized spacial score (nSPS) is 12.7. The van der Waals surface area contributed by atoms with E-state index in [1.807, 2.05) is 0 Å². The fraction of sp³-hybridized carbons (Fsp3) is 0.0667. The first-order valence-corrected chi connectivity index (χ1v) is 16.0. The fourth-order valence-electron chi connectivity index (χ4n) is 7.00. The highest BCUT2D eigenvalue weighted by Gasteiger charge is 2.35. The average Bonchev–Trinajstić information content (AvgIpc) is 3.36. The number of anilines is 3. The van der Waals surface area contributed by atoms with Crippen LogP contribution in [0.3, 0.4) is 0 Å². The van der Waals surface area contributed by atoms with Crippen LogP contribution in [-0.4, -0.2) is 0 Å². The van der Waals surface area contributed by atoms with Gasteiger partial charge in [-0.3, -0.25) is 0 Å². The van der Waals surface area contributed by atoms with E-state index in [0.29, 0.717) is 0 Å². The zero-order chi connectivity index (χ0) is 31.1. The van der Waals surface area contributed by atoms with Gasteiger partial charge in [-0.1, -0.05) is 147 Å². The van der Waals surface area contributed by atoms with E-state index in [0.717, 1.165) is 17.1 Å². The van der Waals surface area contributed by atoms with Crippen molar-refractivity contribution < 1.29 is 0 Å². The van der Waals surface area contributed by atoms with Crippen LogP contribution in [0.25, 0.3) is 44.5 Å². The van der Waals surface area contributed by atoms with Gasteiger partial charge in [0.2, 0.25) is 0 Å². The second-order valence-electron chi connectivity index (χ2n) is 12.6. The van der Waals surface area contributed by atoms with Crippen LogP contribution in [0.4, 0.5) is 17.1 Å². The molecule has 0 fully saturated rings. The molecule has 7 aromatic carbocycles. The molecule has 0 amide bonds. The molecule has 0 spiro atoms. The number of benzene rings is 7. The van der Waals surface area contributed by atoms with Gasteiger partial charge >= 0.3 is 0 Å². The van der Waals surface area contributed by atoms with E-state index in [-0.39, 0.29) is 5.41 Å². The summed E-state index contributed by atoms with van der Waals surface area (Å²) >= 11 is 0. The van der Waals surface area contributed by atoms with Gasteiger partial charge in [-0.2, -0.15) is 0 Å². The molecule has 46 heavy (non-hydrogen) atoms. The topological polar surface area (TPSA) is 3.24 Å². The van der Waals surface area contributed by atoms with Crippen molar-refractivity contribution in [3.8, 4) is 44.5 Å². The van der Waals surface area contributed by atoms with E-state index in [9.17, 15) is 0 Å². The van der Waals surface area contributed by atoms with Crippen molar-refractivity contribution in [1.82, 2.24) is 0 Å². The van der Waals surface area contributed by atoms with Gasteiger partial charge in [0.05, 0.1) is 0 Å². The Balaban J connectivity index is 1.16. The van der Waals surface area contributed by atoms with E-state index < -0.39 is 0 Å². The molecule has 220 valence electrons. The number of hydrogen-bond donors (Lipinski definition) is 0. The molecule has 0 atom stereocenters. The summed E-state index contributed by atoms with van der Waals surface area (Å²) in [6.45, 7) is 4.68. The summed E-state index contributed by atoms with van der Waals surface area (Å²) in [4.78, 5) is 2.34. The van der Waals surface area contributed by atoms with Crippen molar-refractivity contribution in [2.24, 2.45) is 0 Å². The van der Waals surface area contributed by atoms with Gasteiger partial charge < -0.3 is 4.90 Å². The smallest absolute Gasteiger partial charge is 0.0462 e. The Kier molecular flexibility index (Phi) is 6.88. The summed E-state index contributed by atoms with van der Waals surface area (Å²) in [5, 5.41) is 0. The van der Waals surface area contributed by atoms with Gasteiger partial charge in [0.25, 0.3) is 0 Å². The van der Waals surface area contributed by atoms with Gasteiger partial charge in [0.1, 0.15) is 0 Å². The highest BCUT2D eigenvalue weighted by Crippen LogP contribution is 2.49. The monoisotopic (exact) mass is 589 g/mol. The van der Waals surface area contributed by atoms with Crippen LogP contribution in [0, 0.1) is 0 Å². The molecule has 1 heteroatoms. The first kappa shape index (κ1) is 27.9. The molecular weight excluding hydrogens is 555 g/mol. The maximum atomic E-state index is 2.40. The molecule has 7 aromatic rings. The molecule has 0 bridgehead atoms. The standard InChI is InChI=1S/C45H35N/c1-45(2)43-16-10-9-15-41(43)42-30-23-37(31-44(42)45)36-21-28-40(29-22-36)46(38-24-17-34(18-25-38)32-11-5-3-6-12-32)39-26-19-35(20-27-39)33-13-7-4-8-14-33/h3-31H,1-2H3. The Morgan fingerprint density at radius 1 is 0.326 bits per heavy atom. The summed E-state index contributed by atoms with van der Waals surface area (Å²) in [5.41, 5.74) is 16.2. The molecule has 0 radical (unpaired) electrons. The maximum Gasteiger partial charge on any atom is 0.0462 e. The second kappa shape index (κ2) is 11.4. The molecule has 0 saturated carbocycles. The Morgan fingerprint density at radius 2 is 0.696 bits per heavy atom. The number of nitrogens with zero attached hydrogens (tertiary/aromatic N) is 1. The van der Waals surface area contributed by atoms with Crippen molar-refractivity contribution in [2.45, 2.75) is 19.3 Å². The lowest BCUT2D eigenvalue weighted by Crippen LogP contribution is -2.14. The Hall–Kier alpha value is -5.66. The van der Waals surface area contributed by atoms with Crippen LogP contribution in [0.5, 0.6) is 0 Å². The third kappa shape index (κ3) is 4.91. The van der Waals surface area contributed by atoms with Crippen LogP contribution in [0.15, 0.2) is 176 Å². The Bertz CT molecular complexity index is 2040. The lowest BCUT2D eigenvalue weighted by atomic mass is 9.81. The SMILES string of the molecule is CC1(C)c2ccccc2-c2ccc(-c3ccc(N(c4ccc(-c5ccccc5)cc4)c4ccc(-c5ccccc5)cc4)cc3)cc21. The summed E-state index contributed by atoms with van der Waals surface area (Å²) in [6, 6.07) is 63.7. The van der Waals surface area contributed by atoms with Crippen LogP contribution in [0.2, 0.25) is 0 Å². The third-order valence-corrected chi connectivity index (χ3v) is 9.51. The molecule has 8 rings (SSSR count). The lowest BCUT2D eigenvalue weighted by molar-refractivity contribution is 0.660. The number of hydrogen-bond acceptors (Lipinski definition) is 1. The van der Waals surface area contributed by atoms with Gasteiger partial charge in [-0.25, -0.2) is 0 Å². The van der Waals surface area contributed by atoms with Crippen molar-refractivity contribution in [3.63, 3.8) is 0 Å². The molecule has 1 aliphatic rings. The van der Waals surface area contributed by atoms with E-state index in [1.165, 1.54) is 55.6 Å². The third-order valence-electron chi connectivity index (χ3n) is 9.51. The molecule has 0 heterocycles. The second-order valence-corrected chi connectivity index (χ2v) is 12.6. The number of rotatable bonds is 6. The first-order valence-electron chi connectivity index (χ1n) is 16.0. The molecule has 0 saturated heterocycles. The maximum absolute atomic E-state index is 2.40. The lowest BCUT2D eigenvalue weighted by Gasteiger charge is -2.26. The summed E-state index contributed by atoms with van der Waals surface area (Å²) in [6.07, 6.45) is 0. The van der Waals surface area contributed by atoms with Gasteiger partial charge in [-0.15, -0.1) is 0 Å². The van der Waals surface area contributed by atoms with Crippen molar-refractivity contribution >= 4 is 17.1 Å². The largest absolute Gasteiger partial charge is 0.311 e. The fourth-order valence-corrected chi connectivity index (χ4v) is 7.00. The predicted octanol–water partition coefficient (Wildman–Crippen LogP) is 12.5. The minimum atomic E-state index is -0.0174. The minimum Gasteiger partial charge on any atom is -0.311 e. The summed E-state index contributed by atoms with van der Waals surface area (Å²) in [7, 11) is 0. The molecule has 0 aromatic heterocycles. The molecule has 0 N–H and O–H groups in total. The zero-order valence-electron chi connectivity index (χ0n) is 26.2. The summed E-state index contributed by atoms with van der Waals surface area (Å²) < 4.78 is 0. The molecular formula is C45H35N. The van der Waals surface area contributed by atoms with Crippen LogP contribution < -0.4 is 4.90 Å². The number of fused-ring (bicyclic) bond motifs is 3. The molecule has 1 nitrogen and oxygen atoms in total.